The molecule has 5 nitrogen and oxygen atoms in total. The number of ether oxygens (including phenoxy) is 2. The predicted molar refractivity (Wildman–Crippen MR) is 95.5 cm³/mol. The van der Waals surface area contributed by atoms with Crippen molar-refractivity contribution in [3.63, 3.8) is 0 Å². The van der Waals surface area contributed by atoms with Crippen molar-refractivity contribution in [2.45, 2.75) is 20.0 Å². The molecule has 2 N–H and O–H groups in total. The van der Waals surface area contributed by atoms with Gasteiger partial charge in [0, 0.05) is 11.4 Å². The fourth-order valence-corrected chi connectivity index (χ4v) is 2.72. The Morgan fingerprint density at radius 3 is 2.61 bits per heavy atom. The van der Waals surface area contributed by atoms with E-state index in [0.717, 1.165) is 36.1 Å². The summed E-state index contributed by atoms with van der Waals surface area (Å²) in [7, 11) is 3.27. The van der Waals surface area contributed by atoms with Crippen LogP contribution in [0.15, 0.2) is 40.7 Å². The molecule has 0 amide bonds. The molecule has 1 aromatic heterocycles. The van der Waals surface area contributed by atoms with Gasteiger partial charge in [0.1, 0.15) is 0 Å². The Labute approximate surface area is 141 Å². The summed E-state index contributed by atoms with van der Waals surface area (Å²) in [5, 5.41) is 8.67. The van der Waals surface area contributed by atoms with Gasteiger partial charge in [-0.1, -0.05) is 12.1 Å². The number of hydrogen-bond donors (Lipinski definition) is 2. The number of hydrogen-bond acceptors (Lipinski definition) is 4. The summed E-state index contributed by atoms with van der Waals surface area (Å²) in [6.45, 7) is 4.22. The molecule has 6 heteroatoms. The topological polar surface area (TPSA) is 54.9 Å². The van der Waals surface area contributed by atoms with Gasteiger partial charge in [-0.25, -0.2) is 4.99 Å². The van der Waals surface area contributed by atoms with Gasteiger partial charge in [0.25, 0.3) is 0 Å². The molecule has 0 aliphatic heterocycles. The van der Waals surface area contributed by atoms with Gasteiger partial charge in [-0.2, -0.15) is 0 Å². The largest absolute Gasteiger partial charge is 0.493 e. The molecule has 23 heavy (non-hydrogen) atoms. The number of aliphatic imine (C=N–C) groups is 1. The van der Waals surface area contributed by atoms with Gasteiger partial charge in [-0.15, -0.1) is 11.3 Å². The zero-order valence-corrected chi connectivity index (χ0v) is 14.6. The average Bonchev–Trinajstić information content (AvgIpc) is 3.10. The zero-order valence-electron chi connectivity index (χ0n) is 13.8. The minimum atomic E-state index is 0.570. The molecule has 0 radical (unpaired) electrons. The smallest absolute Gasteiger partial charge is 0.191 e. The van der Waals surface area contributed by atoms with E-state index in [1.807, 2.05) is 18.2 Å². The van der Waals surface area contributed by atoms with E-state index in [0.29, 0.717) is 6.54 Å². The second-order valence-electron chi connectivity index (χ2n) is 4.82. The highest BCUT2D eigenvalue weighted by Gasteiger charge is 2.05. The second kappa shape index (κ2) is 9.05. The van der Waals surface area contributed by atoms with Crippen molar-refractivity contribution in [1.29, 1.82) is 0 Å². The Kier molecular flexibility index (Phi) is 6.75. The number of guanidine groups is 1. The van der Waals surface area contributed by atoms with E-state index in [1.54, 1.807) is 25.6 Å². The molecule has 0 atom stereocenters. The monoisotopic (exact) mass is 333 g/mol. The third kappa shape index (κ3) is 5.17. The van der Waals surface area contributed by atoms with Crippen LogP contribution < -0.4 is 20.1 Å². The third-order valence-electron chi connectivity index (χ3n) is 3.22. The lowest BCUT2D eigenvalue weighted by Gasteiger charge is -2.11. The number of nitrogens with one attached hydrogen (secondary N) is 2. The van der Waals surface area contributed by atoms with Crippen molar-refractivity contribution in [3.05, 3.63) is 46.2 Å². The molecular weight excluding hydrogens is 310 g/mol. The van der Waals surface area contributed by atoms with E-state index in [1.165, 1.54) is 4.88 Å². The van der Waals surface area contributed by atoms with Crippen molar-refractivity contribution >= 4 is 17.3 Å². The molecule has 0 fully saturated rings. The van der Waals surface area contributed by atoms with Crippen molar-refractivity contribution in [2.24, 2.45) is 4.99 Å². The quantitative estimate of drug-likeness (QED) is 0.604. The first-order valence-electron chi connectivity index (χ1n) is 7.52. The molecule has 0 saturated carbocycles. The minimum absolute atomic E-state index is 0.570. The first-order chi connectivity index (χ1) is 11.3. The van der Waals surface area contributed by atoms with Crippen LogP contribution in [0.4, 0.5) is 0 Å². The highest BCUT2D eigenvalue weighted by Crippen LogP contribution is 2.27. The lowest BCUT2D eigenvalue weighted by Crippen LogP contribution is -2.36. The van der Waals surface area contributed by atoms with Crippen LogP contribution in [-0.4, -0.2) is 26.7 Å². The fourth-order valence-electron chi connectivity index (χ4n) is 2.08. The molecule has 0 aliphatic carbocycles. The summed E-state index contributed by atoms with van der Waals surface area (Å²) < 4.78 is 10.6. The van der Waals surface area contributed by atoms with Gasteiger partial charge in [-0.05, 0) is 36.1 Å². The number of thiophene rings is 1. The molecule has 2 rings (SSSR count). The average molecular weight is 333 g/mol. The van der Waals surface area contributed by atoms with Gasteiger partial charge in [-0.3, -0.25) is 0 Å². The Balaban J connectivity index is 2.01. The van der Waals surface area contributed by atoms with E-state index >= 15 is 0 Å². The van der Waals surface area contributed by atoms with Crippen molar-refractivity contribution in [3.8, 4) is 11.5 Å². The van der Waals surface area contributed by atoms with Crippen LogP contribution in [0.5, 0.6) is 11.5 Å². The number of benzene rings is 1. The van der Waals surface area contributed by atoms with Crippen molar-refractivity contribution in [1.82, 2.24) is 10.6 Å². The summed E-state index contributed by atoms with van der Waals surface area (Å²) in [4.78, 5) is 5.90. The minimum Gasteiger partial charge on any atom is -0.493 e. The van der Waals surface area contributed by atoms with E-state index in [4.69, 9.17) is 9.47 Å². The number of methoxy groups -OCH3 is 2. The first kappa shape index (κ1) is 17.1. The molecule has 0 unspecified atom stereocenters. The molecule has 124 valence electrons. The lowest BCUT2D eigenvalue weighted by molar-refractivity contribution is 0.354. The number of nitrogens with zero attached hydrogens (tertiary/aromatic N) is 1. The SMILES string of the molecule is CCNC(=NCc1ccc(OC)c(OC)c1)NCc1cccs1. The molecule has 1 aromatic carbocycles. The van der Waals surface area contributed by atoms with Crippen LogP contribution >= 0.6 is 11.3 Å². The normalized spacial score (nSPS) is 11.2. The van der Waals surface area contributed by atoms with Gasteiger partial charge in [0.05, 0.1) is 27.3 Å². The van der Waals surface area contributed by atoms with Gasteiger partial charge < -0.3 is 20.1 Å². The van der Waals surface area contributed by atoms with Gasteiger partial charge in [0.2, 0.25) is 0 Å². The summed E-state index contributed by atoms with van der Waals surface area (Å²) in [5.74, 6) is 2.25. The highest BCUT2D eigenvalue weighted by atomic mass is 32.1. The van der Waals surface area contributed by atoms with E-state index in [-0.39, 0.29) is 0 Å². The Morgan fingerprint density at radius 2 is 1.96 bits per heavy atom. The predicted octanol–water partition coefficient (Wildman–Crippen LogP) is 3.02. The summed E-state index contributed by atoms with van der Waals surface area (Å²) in [5.41, 5.74) is 1.07. The molecule has 2 aromatic rings. The van der Waals surface area contributed by atoms with Crippen LogP contribution in [-0.2, 0) is 13.1 Å². The Morgan fingerprint density at radius 1 is 1.13 bits per heavy atom. The van der Waals surface area contributed by atoms with Gasteiger partial charge >= 0.3 is 0 Å². The van der Waals surface area contributed by atoms with E-state index < -0.39 is 0 Å². The van der Waals surface area contributed by atoms with Crippen LogP contribution in [0.1, 0.15) is 17.4 Å². The van der Waals surface area contributed by atoms with Crippen LogP contribution in [0.3, 0.4) is 0 Å². The summed E-state index contributed by atoms with van der Waals surface area (Å²) >= 11 is 1.73. The lowest BCUT2D eigenvalue weighted by atomic mass is 10.2. The highest BCUT2D eigenvalue weighted by molar-refractivity contribution is 7.09. The molecule has 0 aliphatic rings. The maximum Gasteiger partial charge on any atom is 0.191 e. The summed E-state index contributed by atoms with van der Waals surface area (Å²) in [6, 6.07) is 10.00. The van der Waals surface area contributed by atoms with Crippen LogP contribution in [0.2, 0.25) is 0 Å². The van der Waals surface area contributed by atoms with Gasteiger partial charge in [0.15, 0.2) is 17.5 Å². The van der Waals surface area contributed by atoms with Crippen LogP contribution in [0, 0.1) is 0 Å². The molecule has 1 heterocycles. The van der Waals surface area contributed by atoms with Crippen molar-refractivity contribution < 1.29 is 9.47 Å². The van der Waals surface area contributed by atoms with Crippen LogP contribution in [0.25, 0.3) is 0 Å². The van der Waals surface area contributed by atoms with Crippen molar-refractivity contribution in [2.75, 3.05) is 20.8 Å². The number of rotatable bonds is 7. The molecule has 0 saturated heterocycles. The van der Waals surface area contributed by atoms with E-state index in [9.17, 15) is 0 Å². The maximum absolute atomic E-state index is 5.32. The Hall–Kier alpha value is -2.21. The second-order valence-corrected chi connectivity index (χ2v) is 5.85. The fraction of sp³-hybridized carbons (Fsp3) is 0.353. The van der Waals surface area contributed by atoms with E-state index in [2.05, 4.69) is 40.1 Å². The Bertz CT molecular complexity index is 627. The molecule has 0 bridgehead atoms. The molecule has 0 spiro atoms. The third-order valence-corrected chi connectivity index (χ3v) is 4.10. The molecular formula is C17H23N3O2S. The summed E-state index contributed by atoms with van der Waals surface area (Å²) in [6.07, 6.45) is 0. The standard InChI is InChI=1S/C17H23N3O2S/c1-4-18-17(20-12-14-6-5-9-23-14)19-11-13-7-8-15(21-2)16(10-13)22-3/h5-10H,4,11-12H2,1-3H3,(H2,18,19,20). The first-order valence-corrected chi connectivity index (χ1v) is 8.40. The zero-order chi connectivity index (χ0) is 16.5. The maximum atomic E-state index is 5.32.